The van der Waals surface area contributed by atoms with Crippen molar-refractivity contribution in [2.24, 2.45) is 23.7 Å². The molecule has 1 aliphatic rings. The third-order valence-corrected chi connectivity index (χ3v) is 13.8. The van der Waals surface area contributed by atoms with Crippen LogP contribution in [0.5, 0.6) is 0 Å². The van der Waals surface area contributed by atoms with Gasteiger partial charge in [-0.2, -0.15) is 0 Å². The van der Waals surface area contributed by atoms with E-state index in [0.717, 1.165) is 35.4 Å². The van der Waals surface area contributed by atoms with E-state index in [-0.39, 0.29) is 59.9 Å². The molecule has 0 bridgehead atoms. The summed E-state index contributed by atoms with van der Waals surface area (Å²) in [6, 6.07) is 15.4. The van der Waals surface area contributed by atoms with E-state index >= 15 is 0 Å². The van der Waals surface area contributed by atoms with Gasteiger partial charge in [-0.15, -0.1) is 11.3 Å². The van der Waals surface area contributed by atoms with E-state index in [2.05, 4.69) is 34.4 Å². The highest BCUT2D eigenvalue weighted by Crippen LogP contribution is 2.31. The third-order valence-electron chi connectivity index (χ3n) is 12.9. The zero-order valence-corrected chi connectivity index (χ0v) is 40.4. The number of anilines is 1. The lowest BCUT2D eigenvalue weighted by Crippen LogP contribution is -2.60. The minimum Gasteiger partial charge on any atom is -0.399 e. The van der Waals surface area contributed by atoms with Crippen LogP contribution in [-0.2, 0) is 41.5 Å². The molecule has 3 unspecified atom stereocenters. The molecule has 0 aliphatic carbocycles. The summed E-state index contributed by atoms with van der Waals surface area (Å²) in [5.41, 5.74) is 8.81. The number of likely N-dealkylation sites (N-methyl/N-ethyl adjacent to an activating group) is 2. The molecule has 1 fully saturated rings. The number of likely N-dealkylation sites (tertiary alicyclic amines) is 1. The Bertz CT molecular complexity index is 1860. The maximum Gasteiger partial charge on any atom is 0.245 e. The number of amides is 4. The molecule has 9 atom stereocenters. The number of carbonyl (C=O) groups excluding carboxylic acids is 4. The molecule has 4 N–H and O–H groups in total. The number of hydrogen-bond donors (Lipinski definition) is 3. The van der Waals surface area contributed by atoms with Gasteiger partial charge in [-0.05, 0) is 73.7 Å². The molecule has 1 aromatic heterocycles. The molecule has 4 amide bonds. The average molecular weight is 890 g/mol. The second-order valence-electron chi connectivity index (χ2n) is 18.1. The van der Waals surface area contributed by atoms with E-state index in [1.807, 2.05) is 107 Å². The summed E-state index contributed by atoms with van der Waals surface area (Å²) in [7, 11) is 6.89. The first kappa shape index (κ1) is 51.3. The highest BCUT2D eigenvalue weighted by molar-refractivity contribution is 7.09. The summed E-state index contributed by atoms with van der Waals surface area (Å²) in [5.74, 6) is -1.53. The van der Waals surface area contributed by atoms with Gasteiger partial charge in [-0.3, -0.25) is 24.1 Å². The predicted octanol–water partition coefficient (Wildman–Crippen LogP) is 6.39. The van der Waals surface area contributed by atoms with E-state index in [0.29, 0.717) is 31.6 Å². The number of hydrogen-bond acceptors (Lipinski definition) is 10. The smallest absolute Gasteiger partial charge is 0.245 e. The zero-order chi connectivity index (χ0) is 46.4. The van der Waals surface area contributed by atoms with Gasteiger partial charge >= 0.3 is 0 Å². The van der Waals surface area contributed by atoms with Gasteiger partial charge in [0.1, 0.15) is 11.0 Å². The molecule has 348 valence electrons. The third kappa shape index (κ3) is 13.8. The second kappa shape index (κ2) is 24.6. The first-order valence-corrected chi connectivity index (χ1v) is 23.6. The molecule has 14 heteroatoms. The van der Waals surface area contributed by atoms with Gasteiger partial charge in [0, 0.05) is 51.6 Å². The number of carbonyl (C=O) groups is 4. The number of benzene rings is 2. The molecule has 0 spiro atoms. The lowest BCUT2D eigenvalue weighted by Gasteiger charge is -2.41. The molecule has 2 heterocycles. The van der Waals surface area contributed by atoms with Gasteiger partial charge < -0.3 is 35.6 Å². The summed E-state index contributed by atoms with van der Waals surface area (Å²) >= 11 is 1.50. The molecule has 4 rings (SSSR count). The van der Waals surface area contributed by atoms with Gasteiger partial charge in [0.15, 0.2) is 0 Å². The van der Waals surface area contributed by atoms with E-state index in [4.69, 9.17) is 15.2 Å². The van der Waals surface area contributed by atoms with Crippen LogP contribution in [0, 0.1) is 23.7 Å². The quantitative estimate of drug-likeness (QED) is 0.0868. The number of nitrogens with zero attached hydrogens (tertiary/aromatic N) is 4. The van der Waals surface area contributed by atoms with Crippen molar-refractivity contribution in [2.45, 2.75) is 129 Å². The van der Waals surface area contributed by atoms with Gasteiger partial charge in [-0.25, -0.2) is 4.98 Å². The number of ether oxygens (including phenoxy) is 2. The Morgan fingerprint density at radius 3 is 2.16 bits per heavy atom. The number of aromatic nitrogens is 1. The summed E-state index contributed by atoms with van der Waals surface area (Å²) in [5, 5.41) is 9.12. The van der Waals surface area contributed by atoms with E-state index in [1.54, 1.807) is 32.4 Å². The van der Waals surface area contributed by atoms with Crippen LogP contribution in [0.25, 0.3) is 0 Å². The SMILES string of the molecule is CC[C@H](C)[C@@H]([C@@H](CC(=O)N1CCCC1[C@H](OC)[C@@H](C)C(=O)N[C@@H](Cc1ccccc1)c1nccs1)OC)N(C)C(=O)C(NC(=O)C(C(C)C)N(C)CCc1ccc(N)cc1)C(C)C. The first-order chi connectivity index (χ1) is 30.0. The van der Waals surface area contributed by atoms with Crippen LogP contribution in [0.1, 0.15) is 96.3 Å². The van der Waals surface area contributed by atoms with Crippen molar-refractivity contribution in [1.82, 2.24) is 30.3 Å². The van der Waals surface area contributed by atoms with E-state index in [9.17, 15) is 19.2 Å². The number of nitrogen functional groups attached to an aromatic ring is 1. The van der Waals surface area contributed by atoms with Crippen molar-refractivity contribution in [2.75, 3.05) is 47.1 Å². The maximum atomic E-state index is 14.6. The van der Waals surface area contributed by atoms with E-state index in [1.165, 1.54) is 11.3 Å². The highest BCUT2D eigenvalue weighted by atomic mass is 32.1. The molecule has 0 radical (unpaired) electrons. The van der Waals surface area contributed by atoms with Crippen molar-refractivity contribution < 1.29 is 28.7 Å². The largest absolute Gasteiger partial charge is 0.399 e. The molecule has 3 aromatic rings. The van der Waals surface area contributed by atoms with Crippen molar-refractivity contribution in [1.29, 1.82) is 0 Å². The lowest BCUT2D eigenvalue weighted by atomic mass is 9.89. The van der Waals surface area contributed by atoms with E-state index < -0.39 is 36.3 Å². The molecule has 1 saturated heterocycles. The number of methoxy groups -OCH3 is 2. The van der Waals surface area contributed by atoms with Crippen LogP contribution in [0.3, 0.4) is 0 Å². The van der Waals surface area contributed by atoms with Crippen LogP contribution >= 0.6 is 11.3 Å². The van der Waals surface area contributed by atoms with Crippen LogP contribution < -0.4 is 16.4 Å². The van der Waals surface area contributed by atoms with Crippen LogP contribution in [0.4, 0.5) is 5.69 Å². The Kier molecular flexibility index (Phi) is 20.0. The Balaban J connectivity index is 1.47. The average Bonchev–Trinajstić information content (AvgIpc) is 3.99. The van der Waals surface area contributed by atoms with Gasteiger partial charge in [-0.1, -0.05) is 97.4 Å². The molecule has 13 nitrogen and oxygen atoms in total. The predicted molar refractivity (Wildman–Crippen MR) is 252 cm³/mol. The van der Waals surface area contributed by atoms with Crippen LogP contribution in [0.2, 0.25) is 0 Å². The summed E-state index contributed by atoms with van der Waals surface area (Å²) < 4.78 is 12.2. The van der Waals surface area contributed by atoms with Crippen LogP contribution in [0.15, 0.2) is 66.2 Å². The summed E-state index contributed by atoms with van der Waals surface area (Å²) in [6.07, 6.45) is 4.14. The Labute approximate surface area is 380 Å². The maximum absolute atomic E-state index is 14.6. The van der Waals surface area contributed by atoms with Gasteiger partial charge in [0.05, 0.1) is 48.7 Å². The molecule has 0 saturated carbocycles. The van der Waals surface area contributed by atoms with Crippen LogP contribution in [-0.4, -0.2) is 121 Å². The summed E-state index contributed by atoms with van der Waals surface area (Å²) in [4.78, 5) is 67.2. The first-order valence-electron chi connectivity index (χ1n) is 22.7. The lowest BCUT2D eigenvalue weighted by molar-refractivity contribution is -0.148. The number of rotatable bonds is 24. The normalized spacial score (nSPS) is 18.1. The van der Waals surface area contributed by atoms with Crippen molar-refractivity contribution in [3.05, 3.63) is 82.3 Å². The Hall–Kier alpha value is -4.37. The Morgan fingerprint density at radius 1 is 0.905 bits per heavy atom. The van der Waals surface area contributed by atoms with Gasteiger partial charge in [0.2, 0.25) is 23.6 Å². The number of nitrogens with one attached hydrogen (secondary N) is 2. The Morgan fingerprint density at radius 2 is 1.59 bits per heavy atom. The number of thiazole rings is 1. The fraction of sp³-hybridized carbons (Fsp3) is 0.612. The monoisotopic (exact) mass is 890 g/mol. The molecular formula is C49H75N7O6S. The molecule has 2 aromatic carbocycles. The van der Waals surface area contributed by atoms with Crippen molar-refractivity contribution in [3.8, 4) is 0 Å². The topological polar surface area (TPSA) is 159 Å². The highest BCUT2D eigenvalue weighted by Gasteiger charge is 2.43. The molecule has 63 heavy (non-hydrogen) atoms. The minimum atomic E-state index is -0.796. The zero-order valence-electron chi connectivity index (χ0n) is 39.6. The van der Waals surface area contributed by atoms with Crippen molar-refractivity contribution in [3.63, 3.8) is 0 Å². The van der Waals surface area contributed by atoms with Gasteiger partial charge in [0.25, 0.3) is 0 Å². The fourth-order valence-electron chi connectivity index (χ4n) is 9.18. The fourth-order valence-corrected chi connectivity index (χ4v) is 9.87. The molecule has 1 aliphatic heterocycles. The minimum absolute atomic E-state index is 0.0108. The summed E-state index contributed by atoms with van der Waals surface area (Å²) in [6.45, 7) is 15.1. The standard InChI is InChI=1S/C49H75N7O6S/c1-12-33(6)44(55(9)49(60)42(31(2)3)53-47(59)43(32(4)5)54(8)27-24-35-20-22-37(50)23-21-35)40(61-10)30-41(57)56-26-16-19-39(56)45(62-11)34(7)46(58)52-38(48-51-25-28-63-48)29-36-17-14-13-15-18-36/h13-15,17-18,20-23,25,28,31-34,38-40,42-45H,12,16,19,24,26-27,29-30,50H2,1-11H3,(H,52,58)(H,53,59)/t33-,34+,38-,39?,40+,42?,43?,44-,45+/m0/s1. The molecular weight excluding hydrogens is 815 g/mol. The number of nitrogens with two attached hydrogens (primary N) is 1. The second-order valence-corrected chi connectivity index (χ2v) is 19.0. The van der Waals surface area contributed by atoms with Crippen molar-refractivity contribution >= 4 is 40.7 Å².